The Bertz CT molecular complexity index is 952. The number of carbonyl (C=O) groups excluding carboxylic acids is 5. The first kappa shape index (κ1) is 18.7. The molecule has 2 fully saturated rings. The van der Waals surface area contributed by atoms with Gasteiger partial charge in [-0.2, -0.15) is 0 Å². The van der Waals surface area contributed by atoms with Crippen molar-refractivity contribution < 1.29 is 33.4 Å². The van der Waals surface area contributed by atoms with Crippen LogP contribution in [0, 0.1) is 0 Å². The number of esters is 1. The van der Waals surface area contributed by atoms with E-state index in [0.29, 0.717) is 17.3 Å². The van der Waals surface area contributed by atoms with Crippen molar-refractivity contribution in [2.75, 3.05) is 7.11 Å². The summed E-state index contributed by atoms with van der Waals surface area (Å²) in [6.45, 7) is 0. The fraction of sp³-hybridized carbons (Fsp3) is 0.0625. The summed E-state index contributed by atoms with van der Waals surface area (Å²) in [6.07, 6.45) is 2.40. The molecule has 2 heterocycles. The van der Waals surface area contributed by atoms with Gasteiger partial charge in [0.1, 0.15) is 0 Å². The van der Waals surface area contributed by atoms with Gasteiger partial charge in [-0.1, -0.05) is 6.07 Å². The highest BCUT2D eigenvalue weighted by atomic mass is 32.2. The molecule has 0 bridgehead atoms. The molecule has 27 heavy (non-hydrogen) atoms. The second kappa shape index (κ2) is 7.68. The normalized spacial score (nSPS) is 19.4. The molecule has 0 saturated carbocycles. The summed E-state index contributed by atoms with van der Waals surface area (Å²) in [5.41, 5.74) is 0.550. The van der Waals surface area contributed by atoms with Crippen LogP contribution in [0.5, 0.6) is 11.5 Å². The van der Waals surface area contributed by atoms with E-state index in [9.17, 15) is 24.0 Å². The maximum Gasteiger partial charge on any atom is 0.337 e. The minimum absolute atomic E-state index is 0.0701. The fourth-order valence-corrected chi connectivity index (χ4v) is 3.42. The molecule has 138 valence electrons. The SMILES string of the molecule is COc1cc(/C=C2\SC(=O)NC2=O)ccc1OC(=O)/C=C1/SC(=O)NC1=O. The number of rotatable bonds is 4. The lowest BCUT2D eigenvalue weighted by Crippen LogP contribution is -2.18. The zero-order valence-electron chi connectivity index (χ0n) is 13.6. The third-order valence-electron chi connectivity index (χ3n) is 3.23. The Labute approximate surface area is 160 Å². The molecule has 2 aliphatic rings. The summed E-state index contributed by atoms with van der Waals surface area (Å²) in [4.78, 5) is 57.4. The number of benzene rings is 1. The van der Waals surface area contributed by atoms with Crippen LogP contribution in [-0.4, -0.2) is 35.4 Å². The van der Waals surface area contributed by atoms with Crippen LogP contribution in [0.4, 0.5) is 9.59 Å². The fourth-order valence-electron chi connectivity index (χ4n) is 2.10. The summed E-state index contributed by atoms with van der Waals surface area (Å²) in [5, 5.41) is 3.15. The van der Waals surface area contributed by atoms with Crippen LogP contribution in [0.1, 0.15) is 5.56 Å². The van der Waals surface area contributed by atoms with Gasteiger partial charge in [0.25, 0.3) is 22.3 Å². The van der Waals surface area contributed by atoms with Gasteiger partial charge in [-0.15, -0.1) is 0 Å². The quantitative estimate of drug-likeness (QED) is 0.437. The van der Waals surface area contributed by atoms with E-state index in [0.717, 1.165) is 17.8 Å². The van der Waals surface area contributed by atoms with E-state index in [4.69, 9.17) is 9.47 Å². The molecule has 2 aliphatic heterocycles. The zero-order valence-corrected chi connectivity index (χ0v) is 15.2. The summed E-state index contributed by atoms with van der Waals surface area (Å²) in [5.74, 6) is -1.74. The number of methoxy groups -OCH3 is 1. The standard InChI is InChI=1S/C16H10N2O7S2/c1-24-9-4-7(5-10-13(20)17-15(22)26-10)2-3-8(9)25-12(19)6-11-14(21)18-16(23)27-11/h2-6H,1H3,(H,17,20,22)(H,18,21,23)/b10-5-,11-6+. The molecule has 0 aliphatic carbocycles. The molecule has 2 N–H and O–H groups in total. The second-order valence-corrected chi connectivity index (χ2v) is 7.07. The predicted molar refractivity (Wildman–Crippen MR) is 96.9 cm³/mol. The van der Waals surface area contributed by atoms with Gasteiger partial charge in [0, 0.05) is 6.08 Å². The van der Waals surface area contributed by atoms with Gasteiger partial charge in [0.05, 0.1) is 16.9 Å². The zero-order chi connectivity index (χ0) is 19.6. The van der Waals surface area contributed by atoms with Crippen LogP contribution >= 0.6 is 23.5 Å². The number of carbonyl (C=O) groups is 5. The molecular formula is C16H10N2O7S2. The summed E-state index contributed by atoms with van der Waals surface area (Å²) in [7, 11) is 1.36. The molecule has 11 heteroatoms. The largest absolute Gasteiger partial charge is 0.493 e. The smallest absolute Gasteiger partial charge is 0.337 e. The van der Waals surface area contributed by atoms with Crippen molar-refractivity contribution in [2.24, 2.45) is 0 Å². The van der Waals surface area contributed by atoms with Crippen molar-refractivity contribution in [3.05, 3.63) is 39.6 Å². The summed E-state index contributed by atoms with van der Waals surface area (Å²) >= 11 is 1.37. The van der Waals surface area contributed by atoms with Gasteiger partial charge in [-0.3, -0.25) is 29.8 Å². The van der Waals surface area contributed by atoms with Gasteiger partial charge in [-0.25, -0.2) is 4.79 Å². The molecule has 0 aromatic heterocycles. The lowest BCUT2D eigenvalue weighted by atomic mass is 10.2. The first-order valence-corrected chi connectivity index (χ1v) is 8.88. The second-order valence-electron chi connectivity index (χ2n) is 5.04. The van der Waals surface area contributed by atoms with E-state index in [2.05, 4.69) is 5.32 Å². The average Bonchev–Trinajstić information content (AvgIpc) is 3.09. The van der Waals surface area contributed by atoms with Crippen LogP contribution in [0.25, 0.3) is 6.08 Å². The minimum atomic E-state index is -0.858. The number of nitrogens with one attached hydrogen (secondary N) is 2. The molecular weight excluding hydrogens is 396 g/mol. The molecule has 0 unspecified atom stereocenters. The van der Waals surface area contributed by atoms with Gasteiger partial charge >= 0.3 is 5.97 Å². The van der Waals surface area contributed by atoms with Crippen molar-refractivity contribution in [1.29, 1.82) is 0 Å². The number of hydrogen-bond acceptors (Lipinski definition) is 9. The van der Waals surface area contributed by atoms with E-state index >= 15 is 0 Å². The molecule has 2 saturated heterocycles. The molecule has 9 nitrogen and oxygen atoms in total. The molecule has 1 aromatic rings. The number of thioether (sulfide) groups is 2. The van der Waals surface area contributed by atoms with E-state index in [1.54, 1.807) is 6.07 Å². The van der Waals surface area contributed by atoms with Crippen molar-refractivity contribution in [3.63, 3.8) is 0 Å². The van der Waals surface area contributed by atoms with Crippen LogP contribution in [0.3, 0.4) is 0 Å². The number of amides is 4. The Morgan fingerprint density at radius 2 is 1.59 bits per heavy atom. The topological polar surface area (TPSA) is 128 Å². The van der Waals surface area contributed by atoms with Gasteiger partial charge < -0.3 is 9.47 Å². The van der Waals surface area contributed by atoms with Crippen molar-refractivity contribution in [1.82, 2.24) is 10.6 Å². The lowest BCUT2D eigenvalue weighted by Gasteiger charge is -2.09. The van der Waals surface area contributed by atoms with E-state index in [1.165, 1.54) is 25.3 Å². The molecule has 4 amide bonds. The Morgan fingerprint density at radius 3 is 2.15 bits per heavy atom. The monoisotopic (exact) mass is 406 g/mol. The summed E-state index contributed by atoms with van der Waals surface area (Å²) < 4.78 is 10.3. The highest BCUT2D eigenvalue weighted by Crippen LogP contribution is 2.32. The first-order chi connectivity index (χ1) is 12.9. The average molecular weight is 406 g/mol. The lowest BCUT2D eigenvalue weighted by molar-refractivity contribution is -0.129. The third kappa shape index (κ3) is 4.38. The third-order valence-corrected chi connectivity index (χ3v) is 4.85. The molecule has 0 radical (unpaired) electrons. The van der Waals surface area contributed by atoms with E-state index in [1.807, 2.05) is 5.32 Å². The first-order valence-electron chi connectivity index (χ1n) is 7.25. The highest BCUT2D eigenvalue weighted by molar-refractivity contribution is 8.18. The molecule has 1 aromatic carbocycles. The minimum Gasteiger partial charge on any atom is -0.493 e. The van der Waals surface area contributed by atoms with E-state index in [-0.39, 0.29) is 21.3 Å². The highest BCUT2D eigenvalue weighted by Gasteiger charge is 2.27. The van der Waals surface area contributed by atoms with Crippen molar-refractivity contribution in [3.8, 4) is 11.5 Å². The van der Waals surface area contributed by atoms with Gasteiger partial charge in [0.2, 0.25) is 0 Å². The van der Waals surface area contributed by atoms with Crippen LogP contribution in [-0.2, 0) is 14.4 Å². The summed E-state index contributed by atoms with van der Waals surface area (Å²) in [6, 6.07) is 4.51. The number of hydrogen-bond donors (Lipinski definition) is 2. The Balaban J connectivity index is 1.78. The molecule has 3 rings (SSSR count). The van der Waals surface area contributed by atoms with Crippen LogP contribution < -0.4 is 20.1 Å². The van der Waals surface area contributed by atoms with Crippen molar-refractivity contribution in [2.45, 2.75) is 0 Å². The maximum absolute atomic E-state index is 12.0. The van der Waals surface area contributed by atoms with Crippen LogP contribution in [0.15, 0.2) is 34.1 Å². The number of imide groups is 2. The molecule has 0 atom stereocenters. The Kier molecular flexibility index (Phi) is 5.33. The number of ether oxygens (including phenoxy) is 2. The Morgan fingerprint density at radius 1 is 0.963 bits per heavy atom. The predicted octanol–water partition coefficient (Wildman–Crippen LogP) is 1.79. The van der Waals surface area contributed by atoms with Crippen LogP contribution in [0.2, 0.25) is 0 Å². The Hall–Kier alpha value is -3.05. The van der Waals surface area contributed by atoms with E-state index < -0.39 is 28.3 Å². The van der Waals surface area contributed by atoms with Gasteiger partial charge in [-0.05, 0) is 47.3 Å². The van der Waals surface area contributed by atoms with Crippen molar-refractivity contribution >= 4 is 57.9 Å². The van der Waals surface area contributed by atoms with Gasteiger partial charge in [0.15, 0.2) is 11.5 Å². The molecule has 0 spiro atoms. The maximum atomic E-state index is 12.0.